The molecule has 3 aliphatic heterocycles. The minimum Gasteiger partial charge on any atom is -0.465 e. The van der Waals surface area contributed by atoms with Crippen LogP contribution in [-0.2, 0) is 9.59 Å². The predicted molar refractivity (Wildman–Crippen MR) is 126 cm³/mol. The molecule has 9 nitrogen and oxygen atoms in total. The van der Waals surface area contributed by atoms with E-state index in [1.807, 2.05) is 18.2 Å². The molecule has 3 N–H and O–H groups in total. The van der Waals surface area contributed by atoms with Crippen LogP contribution < -0.4 is 15.5 Å². The van der Waals surface area contributed by atoms with Crippen molar-refractivity contribution in [2.45, 2.75) is 31.7 Å². The number of nitrogens with one attached hydrogen (secondary N) is 2. The average Bonchev–Trinajstić information content (AvgIpc) is 3.11. The molecule has 0 aliphatic carbocycles. The molecule has 3 amide bonds. The Bertz CT molecular complexity index is 881. The second-order valence-corrected chi connectivity index (χ2v) is 9.73. The van der Waals surface area contributed by atoms with E-state index >= 15 is 0 Å². The van der Waals surface area contributed by atoms with E-state index in [0.29, 0.717) is 25.9 Å². The van der Waals surface area contributed by atoms with Crippen LogP contribution in [0.3, 0.4) is 0 Å². The van der Waals surface area contributed by atoms with E-state index in [9.17, 15) is 14.4 Å². The van der Waals surface area contributed by atoms with Crippen LogP contribution in [0.5, 0.6) is 0 Å². The molecule has 10 heteroatoms. The number of hydrogen-bond acceptors (Lipinski definition) is 5. The Hall–Kier alpha value is -2.52. The smallest absolute Gasteiger partial charge is 0.405 e. The molecule has 0 bridgehead atoms. The zero-order chi connectivity index (χ0) is 23.4. The first-order valence-corrected chi connectivity index (χ1v) is 12.0. The number of carbonyl (C=O) groups is 3. The summed E-state index contributed by atoms with van der Waals surface area (Å²) < 4.78 is 0. The number of rotatable bonds is 6. The minimum atomic E-state index is -1.21. The molecule has 1 spiro atoms. The van der Waals surface area contributed by atoms with Crippen LogP contribution in [0, 0.1) is 5.41 Å². The molecule has 3 fully saturated rings. The highest BCUT2D eigenvalue weighted by molar-refractivity contribution is 6.30. The zero-order valence-corrected chi connectivity index (χ0v) is 19.5. The van der Waals surface area contributed by atoms with Crippen LogP contribution in [0.15, 0.2) is 24.3 Å². The third kappa shape index (κ3) is 5.70. The van der Waals surface area contributed by atoms with Crippen LogP contribution in [0.1, 0.15) is 25.7 Å². The van der Waals surface area contributed by atoms with Crippen LogP contribution >= 0.6 is 11.6 Å². The first-order valence-electron chi connectivity index (χ1n) is 11.6. The summed E-state index contributed by atoms with van der Waals surface area (Å²) in [4.78, 5) is 42.0. The van der Waals surface area contributed by atoms with Crippen molar-refractivity contribution in [2.24, 2.45) is 5.41 Å². The molecule has 1 atom stereocenters. The van der Waals surface area contributed by atoms with Gasteiger partial charge in [0.25, 0.3) is 0 Å². The van der Waals surface area contributed by atoms with Gasteiger partial charge in [-0.15, -0.1) is 0 Å². The molecule has 0 aromatic heterocycles. The van der Waals surface area contributed by atoms with Crippen molar-refractivity contribution in [3.05, 3.63) is 29.3 Å². The van der Waals surface area contributed by atoms with Crippen molar-refractivity contribution in [2.75, 3.05) is 57.3 Å². The fourth-order valence-corrected chi connectivity index (χ4v) is 5.43. The Kier molecular flexibility index (Phi) is 7.29. The van der Waals surface area contributed by atoms with Gasteiger partial charge in [-0.25, -0.2) is 4.79 Å². The highest BCUT2D eigenvalue weighted by atomic mass is 35.5. The average molecular weight is 478 g/mol. The van der Waals surface area contributed by atoms with E-state index in [1.54, 1.807) is 4.90 Å². The Labute approximate surface area is 199 Å². The second-order valence-electron chi connectivity index (χ2n) is 9.29. The maximum absolute atomic E-state index is 12.8. The van der Waals surface area contributed by atoms with Crippen molar-refractivity contribution < 1.29 is 19.5 Å². The summed E-state index contributed by atoms with van der Waals surface area (Å²) in [6.45, 7) is 5.61. The van der Waals surface area contributed by atoms with Gasteiger partial charge in [0.1, 0.15) is 6.54 Å². The predicted octanol–water partition coefficient (Wildman–Crippen LogP) is 1.62. The lowest BCUT2D eigenvalue weighted by Crippen LogP contribution is -2.48. The number of nitrogens with zero attached hydrogens (tertiary/aromatic N) is 3. The number of halogens is 1. The summed E-state index contributed by atoms with van der Waals surface area (Å²) in [5, 5.41) is 14.7. The number of hydrogen-bond donors (Lipinski definition) is 3. The van der Waals surface area contributed by atoms with Gasteiger partial charge in [0.2, 0.25) is 11.8 Å². The Morgan fingerprint density at radius 2 is 1.88 bits per heavy atom. The van der Waals surface area contributed by atoms with Crippen molar-refractivity contribution in [3.63, 3.8) is 0 Å². The van der Waals surface area contributed by atoms with Crippen LogP contribution in [0.2, 0.25) is 5.02 Å². The van der Waals surface area contributed by atoms with Gasteiger partial charge < -0.3 is 25.5 Å². The fraction of sp³-hybridized carbons (Fsp3) is 0.609. The van der Waals surface area contributed by atoms with Crippen LogP contribution in [0.25, 0.3) is 0 Å². The van der Waals surface area contributed by atoms with Gasteiger partial charge in [0, 0.05) is 62.6 Å². The molecular formula is C23H32ClN5O4. The second kappa shape index (κ2) is 10.2. The lowest BCUT2D eigenvalue weighted by Gasteiger charge is -2.37. The molecule has 1 aromatic carbocycles. The van der Waals surface area contributed by atoms with Gasteiger partial charge in [0.05, 0.1) is 5.41 Å². The lowest BCUT2D eigenvalue weighted by molar-refractivity contribution is -0.137. The lowest BCUT2D eigenvalue weighted by atomic mass is 9.75. The van der Waals surface area contributed by atoms with Crippen LogP contribution in [0.4, 0.5) is 10.5 Å². The van der Waals surface area contributed by atoms with Gasteiger partial charge in [-0.3, -0.25) is 14.5 Å². The normalized spacial score (nSPS) is 22.9. The number of carbonyl (C=O) groups excluding carboxylic acids is 2. The van der Waals surface area contributed by atoms with Gasteiger partial charge in [-0.05, 0) is 43.9 Å². The largest absolute Gasteiger partial charge is 0.465 e. The number of piperidine rings is 1. The molecule has 0 saturated carbocycles. The molecule has 3 saturated heterocycles. The number of benzene rings is 1. The van der Waals surface area contributed by atoms with Gasteiger partial charge in [-0.2, -0.15) is 0 Å². The maximum Gasteiger partial charge on any atom is 0.405 e. The summed E-state index contributed by atoms with van der Waals surface area (Å²) in [6.07, 6.45) is 1.79. The highest BCUT2D eigenvalue weighted by Gasteiger charge is 2.48. The number of amides is 3. The summed E-state index contributed by atoms with van der Waals surface area (Å²) in [5.41, 5.74) is 0.767. The number of anilines is 1. The van der Waals surface area contributed by atoms with Gasteiger partial charge >= 0.3 is 6.09 Å². The van der Waals surface area contributed by atoms with Gasteiger partial charge in [0.15, 0.2) is 0 Å². The summed E-state index contributed by atoms with van der Waals surface area (Å²) in [6, 6.07) is 8.14. The first kappa shape index (κ1) is 23.6. The number of likely N-dealkylation sites (tertiary alicyclic amines) is 1. The molecule has 3 aliphatic rings. The number of piperazine rings is 1. The minimum absolute atomic E-state index is 0.106. The summed E-state index contributed by atoms with van der Waals surface area (Å²) in [7, 11) is 0. The molecule has 0 radical (unpaired) electrons. The molecule has 4 rings (SSSR count). The van der Waals surface area contributed by atoms with E-state index in [2.05, 4.69) is 26.5 Å². The number of carboxylic acid groups (broad SMARTS) is 1. The Morgan fingerprint density at radius 1 is 1.15 bits per heavy atom. The molecule has 1 aromatic rings. The van der Waals surface area contributed by atoms with E-state index in [1.165, 1.54) is 0 Å². The van der Waals surface area contributed by atoms with E-state index in [-0.39, 0.29) is 24.4 Å². The van der Waals surface area contributed by atoms with E-state index < -0.39 is 11.5 Å². The molecule has 3 heterocycles. The topological polar surface area (TPSA) is 105 Å². The van der Waals surface area contributed by atoms with E-state index in [4.69, 9.17) is 16.7 Å². The molecule has 33 heavy (non-hydrogen) atoms. The van der Waals surface area contributed by atoms with Crippen molar-refractivity contribution in [1.82, 2.24) is 20.4 Å². The monoisotopic (exact) mass is 477 g/mol. The standard InChI is InChI=1S/C23H32ClN5O4/c24-17-2-1-3-19(14-17)28-12-10-27(11-13-28)7-4-18-15-23(21(31)26-18)5-8-29(9-6-23)20(30)16-25-22(32)33/h1-3,14,18,25H,4-13,15-16H2,(H,26,31)(H,32,33). The van der Waals surface area contributed by atoms with Gasteiger partial charge in [-0.1, -0.05) is 17.7 Å². The summed E-state index contributed by atoms with van der Waals surface area (Å²) >= 11 is 6.12. The van der Waals surface area contributed by atoms with Crippen molar-refractivity contribution >= 4 is 35.2 Å². The third-order valence-corrected chi connectivity index (χ3v) is 7.49. The Balaban J connectivity index is 1.20. The van der Waals surface area contributed by atoms with Crippen molar-refractivity contribution in [1.29, 1.82) is 0 Å². The highest BCUT2D eigenvalue weighted by Crippen LogP contribution is 2.41. The van der Waals surface area contributed by atoms with E-state index in [0.717, 1.165) is 56.3 Å². The zero-order valence-electron chi connectivity index (χ0n) is 18.8. The fourth-order valence-electron chi connectivity index (χ4n) is 5.25. The maximum atomic E-state index is 12.8. The van der Waals surface area contributed by atoms with Crippen molar-refractivity contribution in [3.8, 4) is 0 Å². The third-order valence-electron chi connectivity index (χ3n) is 7.26. The quantitative estimate of drug-likeness (QED) is 0.575. The van der Waals surface area contributed by atoms with Crippen LogP contribution in [-0.4, -0.2) is 91.2 Å². The molecule has 1 unspecified atom stereocenters. The summed E-state index contributed by atoms with van der Waals surface area (Å²) in [5.74, 6) is -0.131. The first-order chi connectivity index (χ1) is 15.8. The Morgan fingerprint density at radius 3 is 2.55 bits per heavy atom. The molecule has 180 valence electrons. The SMILES string of the molecule is O=C(O)NCC(=O)N1CCC2(CC1)CC(CCN1CCN(c3cccc(Cl)c3)CC1)NC2=O. The molecular weight excluding hydrogens is 446 g/mol.